The van der Waals surface area contributed by atoms with E-state index in [0.29, 0.717) is 17.9 Å². The van der Waals surface area contributed by atoms with E-state index in [-0.39, 0.29) is 21.8 Å². The molecule has 0 N–H and O–H groups in total. The molecule has 0 unspecified atom stereocenters. The Morgan fingerprint density at radius 1 is 1.20 bits per heavy atom. The third-order valence-electron chi connectivity index (χ3n) is 3.78. The second-order valence-electron chi connectivity index (χ2n) is 5.34. The summed E-state index contributed by atoms with van der Waals surface area (Å²) in [5.41, 5.74) is -0.268. The van der Waals surface area contributed by atoms with Crippen molar-refractivity contribution in [2.75, 3.05) is 0 Å². The molecule has 0 radical (unpaired) electrons. The summed E-state index contributed by atoms with van der Waals surface area (Å²) >= 11 is 6.05. The SMILES string of the molecule is CCn1cc(-c2nc3c4cccc(C(F)(F)F)c4nc(Cl)n3n2)cn1. The summed E-state index contributed by atoms with van der Waals surface area (Å²) < 4.78 is 42.6. The summed E-state index contributed by atoms with van der Waals surface area (Å²) in [5, 5.41) is 8.42. The second kappa shape index (κ2) is 5.41. The first-order chi connectivity index (χ1) is 11.9. The minimum atomic E-state index is -4.54. The van der Waals surface area contributed by atoms with Gasteiger partial charge in [0, 0.05) is 18.1 Å². The number of para-hydroxylation sites is 1. The van der Waals surface area contributed by atoms with Gasteiger partial charge in [0.2, 0.25) is 5.28 Å². The van der Waals surface area contributed by atoms with Crippen molar-refractivity contribution < 1.29 is 13.2 Å². The first kappa shape index (κ1) is 15.8. The molecule has 0 amide bonds. The van der Waals surface area contributed by atoms with E-state index in [4.69, 9.17) is 11.6 Å². The van der Waals surface area contributed by atoms with E-state index in [1.54, 1.807) is 17.1 Å². The van der Waals surface area contributed by atoms with Crippen molar-refractivity contribution in [1.29, 1.82) is 0 Å². The van der Waals surface area contributed by atoms with Gasteiger partial charge in [-0.05, 0) is 30.7 Å². The Morgan fingerprint density at radius 2 is 2.00 bits per heavy atom. The van der Waals surface area contributed by atoms with Crippen LogP contribution in [0.1, 0.15) is 12.5 Å². The minimum absolute atomic E-state index is 0.194. The predicted octanol–water partition coefficient (Wildman–Crippen LogP) is 3.83. The summed E-state index contributed by atoms with van der Waals surface area (Å²) in [5.74, 6) is 0.313. The number of nitrogens with zero attached hydrogens (tertiary/aromatic N) is 6. The van der Waals surface area contributed by atoms with Crippen LogP contribution in [0.5, 0.6) is 0 Å². The lowest BCUT2D eigenvalue weighted by Crippen LogP contribution is -2.07. The Morgan fingerprint density at radius 3 is 2.68 bits per heavy atom. The molecule has 0 atom stereocenters. The van der Waals surface area contributed by atoms with Crippen molar-refractivity contribution in [2.45, 2.75) is 19.6 Å². The Hall–Kier alpha value is -2.68. The van der Waals surface area contributed by atoms with Gasteiger partial charge < -0.3 is 0 Å². The number of benzene rings is 1. The van der Waals surface area contributed by atoms with Gasteiger partial charge in [-0.25, -0.2) is 9.97 Å². The van der Waals surface area contributed by atoms with Crippen molar-refractivity contribution in [3.05, 3.63) is 41.4 Å². The van der Waals surface area contributed by atoms with Crippen molar-refractivity contribution in [1.82, 2.24) is 29.4 Å². The molecule has 0 aliphatic heterocycles. The molecule has 0 saturated carbocycles. The zero-order valence-corrected chi connectivity index (χ0v) is 13.5. The van der Waals surface area contributed by atoms with Gasteiger partial charge >= 0.3 is 6.18 Å². The van der Waals surface area contributed by atoms with E-state index >= 15 is 0 Å². The predicted molar refractivity (Wildman–Crippen MR) is 85.2 cm³/mol. The van der Waals surface area contributed by atoms with Crippen LogP contribution in [0.25, 0.3) is 27.9 Å². The third kappa shape index (κ3) is 2.51. The normalized spacial score (nSPS) is 12.4. The third-order valence-corrected chi connectivity index (χ3v) is 4.03. The van der Waals surface area contributed by atoms with Gasteiger partial charge in [0.15, 0.2) is 11.5 Å². The lowest BCUT2D eigenvalue weighted by molar-refractivity contribution is -0.136. The number of aromatic nitrogens is 6. The molecule has 128 valence electrons. The second-order valence-corrected chi connectivity index (χ2v) is 5.67. The molecule has 0 aliphatic rings. The van der Waals surface area contributed by atoms with Gasteiger partial charge in [0.1, 0.15) is 0 Å². The Balaban J connectivity index is 2.01. The molecular weight excluding hydrogens is 357 g/mol. The molecule has 1 aromatic carbocycles. The van der Waals surface area contributed by atoms with Crippen molar-refractivity contribution in [2.24, 2.45) is 0 Å². The van der Waals surface area contributed by atoms with Gasteiger partial charge in [-0.1, -0.05) is 6.07 Å². The molecule has 4 rings (SSSR count). The maximum absolute atomic E-state index is 13.2. The van der Waals surface area contributed by atoms with Crippen LogP contribution in [0.4, 0.5) is 13.2 Å². The molecule has 4 aromatic rings. The van der Waals surface area contributed by atoms with E-state index in [0.717, 1.165) is 6.07 Å². The molecule has 0 saturated heterocycles. The summed E-state index contributed by atoms with van der Waals surface area (Å²) in [6.07, 6.45) is -1.21. The van der Waals surface area contributed by atoms with Crippen LogP contribution in [0, 0.1) is 0 Å². The molecule has 0 aliphatic carbocycles. The molecule has 3 heterocycles. The number of hydrogen-bond acceptors (Lipinski definition) is 4. The maximum atomic E-state index is 13.2. The number of fused-ring (bicyclic) bond motifs is 3. The standard InChI is InChI=1S/C15H10ClF3N6/c1-2-24-7-8(6-20-24)12-22-13-9-4-3-5-10(15(17,18)19)11(9)21-14(16)25(13)23-12/h3-7H,2H2,1H3. The average molecular weight is 367 g/mol. The number of aryl methyl sites for hydroxylation is 1. The summed E-state index contributed by atoms with van der Waals surface area (Å²) in [6.45, 7) is 2.61. The number of halogens is 4. The van der Waals surface area contributed by atoms with Crippen LogP contribution >= 0.6 is 11.6 Å². The number of rotatable bonds is 2. The Labute approximate surface area is 143 Å². The highest BCUT2D eigenvalue weighted by Gasteiger charge is 2.34. The molecule has 3 aromatic heterocycles. The van der Waals surface area contributed by atoms with Crippen molar-refractivity contribution in [3.8, 4) is 11.4 Å². The van der Waals surface area contributed by atoms with Gasteiger partial charge in [-0.15, -0.1) is 5.10 Å². The van der Waals surface area contributed by atoms with Gasteiger partial charge in [-0.3, -0.25) is 4.68 Å². The molecule has 0 spiro atoms. The van der Waals surface area contributed by atoms with Crippen LogP contribution in [0.2, 0.25) is 5.28 Å². The first-order valence-electron chi connectivity index (χ1n) is 7.33. The highest BCUT2D eigenvalue weighted by atomic mass is 35.5. The molecule has 25 heavy (non-hydrogen) atoms. The molecule has 0 fully saturated rings. The van der Waals surface area contributed by atoms with Crippen LogP contribution in [-0.2, 0) is 12.7 Å². The number of alkyl halides is 3. The fourth-order valence-corrected chi connectivity index (χ4v) is 2.80. The minimum Gasteiger partial charge on any atom is -0.272 e. The summed E-state index contributed by atoms with van der Waals surface area (Å²) in [7, 11) is 0. The molecule has 6 nitrogen and oxygen atoms in total. The van der Waals surface area contributed by atoms with Crippen LogP contribution in [0.3, 0.4) is 0 Å². The maximum Gasteiger partial charge on any atom is 0.418 e. The van der Waals surface area contributed by atoms with E-state index in [1.165, 1.54) is 16.6 Å². The largest absolute Gasteiger partial charge is 0.418 e. The average Bonchev–Trinajstić information content (AvgIpc) is 3.20. The highest BCUT2D eigenvalue weighted by Crippen LogP contribution is 2.35. The van der Waals surface area contributed by atoms with Gasteiger partial charge in [0.25, 0.3) is 0 Å². The van der Waals surface area contributed by atoms with Crippen molar-refractivity contribution >= 4 is 28.2 Å². The van der Waals surface area contributed by atoms with Gasteiger partial charge in [0.05, 0.1) is 22.8 Å². The van der Waals surface area contributed by atoms with E-state index in [2.05, 4.69) is 20.2 Å². The zero-order valence-electron chi connectivity index (χ0n) is 12.8. The van der Waals surface area contributed by atoms with Crippen LogP contribution in [-0.4, -0.2) is 29.4 Å². The van der Waals surface area contributed by atoms with E-state index in [9.17, 15) is 13.2 Å². The number of hydrogen-bond donors (Lipinski definition) is 0. The van der Waals surface area contributed by atoms with Crippen LogP contribution in [0.15, 0.2) is 30.6 Å². The topological polar surface area (TPSA) is 60.9 Å². The van der Waals surface area contributed by atoms with Crippen molar-refractivity contribution in [3.63, 3.8) is 0 Å². The fourth-order valence-electron chi connectivity index (χ4n) is 2.60. The highest BCUT2D eigenvalue weighted by molar-refractivity contribution is 6.29. The molecular formula is C15H10ClF3N6. The summed E-state index contributed by atoms with van der Waals surface area (Å²) in [4.78, 5) is 8.23. The van der Waals surface area contributed by atoms with E-state index in [1.807, 2.05) is 6.92 Å². The molecule has 0 bridgehead atoms. The first-order valence-corrected chi connectivity index (χ1v) is 7.71. The fraction of sp³-hybridized carbons (Fsp3) is 0.200. The zero-order chi connectivity index (χ0) is 17.8. The summed E-state index contributed by atoms with van der Waals surface area (Å²) in [6, 6.07) is 3.78. The Bertz CT molecular complexity index is 1100. The quantitative estimate of drug-likeness (QED) is 0.506. The lowest BCUT2D eigenvalue weighted by Gasteiger charge is -2.10. The Kier molecular flexibility index (Phi) is 3.43. The van der Waals surface area contributed by atoms with E-state index < -0.39 is 11.7 Å². The lowest BCUT2D eigenvalue weighted by atomic mass is 10.1. The van der Waals surface area contributed by atoms with Gasteiger partial charge in [-0.2, -0.15) is 22.8 Å². The monoisotopic (exact) mass is 366 g/mol. The van der Waals surface area contributed by atoms with Crippen LogP contribution < -0.4 is 0 Å². The molecule has 10 heteroatoms. The smallest absolute Gasteiger partial charge is 0.272 e.